The van der Waals surface area contributed by atoms with Gasteiger partial charge in [-0.3, -0.25) is 5.41 Å². The Bertz CT molecular complexity index is 422. The Morgan fingerprint density at radius 1 is 1.53 bits per heavy atom. The number of rotatable bonds is 4. The Hall–Kier alpha value is -2.11. The average Bonchev–Trinajstić information content (AvgIpc) is 2.28. The molecule has 1 aromatic rings. The number of hydrogen-bond acceptors (Lipinski definition) is 2. The second-order valence-corrected chi connectivity index (χ2v) is 3.49. The lowest BCUT2D eigenvalue weighted by molar-refractivity contribution is 0.250. The molecule has 0 aliphatic heterocycles. The molecule has 5 nitrogen and oxygen atoms in total. The standard InChI is InChI=1S/C11H15FN4O/c1-2-8(10(13)14)15-11(17)16-9-6-4-3-5-7(9)12/h3-6,8H,2H2,1H3,(H3,13,14)(H2,15,16,17). The molecule has 0 radical (unpaired) electrons. The first-order chi connectivity index (χ1) is 8.04. The van der Waals surface area contributed by atoms with Gasteiger partial charge in [-0.1, -0.05) is 19.1 Å². The number of halogens is 1. The highest BCUT2D eigenvalue weighted by Crippen LogP contribution is 2.11. The molecule has 0 heterocycles. The van der Waals surface area contributed by atoms with E-state index in [1.807, 2.05) is 0 Å². The molecule has 1 unspecified atom stereocenters. The van der Waals surface area contributed by atoms with Crippen LogP contribution in [0.1, 0.15) is 13.3 Å². The van der Waals surface area contributed by atoms with E-state index < -0.39 is 17.9 Å². The minimum Gasteiger partial charge on any atom is -0.386 e. The lowest BCUT2D eigenvalue weighted by Crippen LogP contribution is -2.45. The molecule has 5 N–H and O–H groups in total. The maximum absolute atomic E-state index is 13.2. The summed E-state index contributed by atoms with van der Waals surface area (Å²) in [5, 5.41) is 12.1. The fourth-order valence-electron chi connectivity index (χ4n) is 1.28. The molecular formula is C11H15FN4O. The first kappa shape index (κ1) is 13.0. The number of anilines is 1. The molecule has 6 heteroatoms. The zero-order valence-corrected chi connectivity index (χ0v) is 9.46. The maximum atomic E-state index is 13.2. The largest absolute Gasteiger partial charge is 0.386 e. The average molecular weight is 238 g/mol. The van der Waals surface area contributed by atoms with Crippen LogP contribution in [0.25, 0.3) is 0 Å². The number of para-hydroxylation sites is 1. The molecule has 0 fully saturated rings. The highest BCUT2D eigenvalue weighted by molar-refractivity contribution is 5.94. The van der Waals surface area contributed by atoms with Gasteiger partial charge >= 0.3 is 6.03 Å². The summed E-state index contributed by atoms with van der Waals surface area (Å²) in [7, 11) is 0. The highest BCUT2D eigenvalue weighted by Gasteiger charge is 2.13. The normalized spacial score (nSPS) is 11.6. The van der Waals surface area contributed by atoms with Crippen molar-refractivity contribution in [2.24, 2.45) is 5.73 Å². The van der Waals surface area contributed by atoms with Gasteiger partial charge in [-0.2, -0.15) is 0 Å². The van der Waals surface area contributed by atoms with Gasteiger partial charge in [-0.25, -0.2) is 9.18 Å². The molecule has 17 heavy (non-hydrogen) atoms. The fraction of sp³-hybridized carbons (Fsp3) is 0.273. The van der Waals surface area contributed by atoms with Crippen molar-refractivity contribution in [3.05, 3.63) is 30.1 Å². The SMILES string of the molecule is CCC(NC(=O)Nc1ccccc1F)C(=N)N. The van der Waals surface area contributed by atoms with Crippen molar-refractivity contribution < 1.29 is 9.18 Å². The van der Waals surface area contributed by atoms with E-state index in [1.165, 1.54) is 18.2 Å². The second kappa shape index (κ2) is 5.83. The molecule has 0 aliphatic carbocycles. The van der Waals surface area contributed by atoms with Gasteiger partial charge in [0.2, 0.25) is 0 Å². The van der Waals surface area contributed by atoms with E-state index in [4.69, 9.17) is 11.1 Å². The molecule has 0 aliphatic rings. The smallest absolute Gasteiger partial charge is 0.319 e. The topological polar surface area (TPSA) is 91.0 Å². The molecule has 1 rings (SSSR count). The number of hydrogen-bond donors (Lipinski definition) is 4. The molecule has 2 amide bonds. The number of benzene rings is 1. The summed E-state index contributed by atoms with van der Waals surface area (Å²) in [5.41, 5.74) is 5.37. The zero-order chi connectivity index (χ0) is 12.8. The Balaban J connectivity index is 2.61. The van der Waals surface area contributed by atoms with Gasteiger partial charge in [0.15, 0.2) is 0 Å². The molecule has 1 atom stereocenters. The van der Waals surface area contributed by atoms with E-state index in [0.29, 0.717) is 6.42 Å². The van der Waals surface area contributed by atoms with E-state index >= 15 is 0 Å². The zero-order valence-electron chi connectivity index (χ0n) is 9.46. The number of amides is 2. The van der Waals surface area contributed by atoms with Crippen LogP contribution in [0.5, 0.6) is 0 Å². The Morgan fingerprint density at radius 3 is 2.71 bits per heavy atom. The van der Waals surface area contributed by atoms with Crippen molar-refractivity contribution >= 4 is 17.6 Å². The summed E-state index contributed by atoms with van der Waals surface area (Å²) in [6.45, 7) is 1.79. The monoisotopic (exact) mass is 238 g/mol. The van der Waals surface area contributed by atoms with Crippen LogP contribution in [0.15, 0.2) is 24.3 Å². The molecule has 0 aromatic heterocycles. The third kappa shape index (κ3) is 3.75. The van der Waals surface area contributed by atoms with Gasteiger partial charge in [0.05, 0.1) is 11.7 Å². The van der Waals surface area contributed by atoms with Crippen LogP contribution < -0.4 is 16.4 Å². The third-order valence-electron chi connectivity index (χ3n) is 2.21. The van der Waals surface area contributed by atoms with Crippen molar-refractivity contribution in [2.45, 2.75) is 19.4 Å². The predicted octanol–water partition coefficient (Wildman–Crippen LogP) is 1.66. The lowest BCUT2D eigenvalue weighted by Gasteiger charge is -2.15. The van der Waals surface area contributed by atoms with Crippen molar-refractivity contribution in [3.63, 3.8) is 0 Å². The van der Waals surface area contributed by atoms with Crippen LogP contribution in [0.2, 0.25) is 0 Å². The predicted molar refractivity (Wildman–Crippen MR) is 64.5 cm³/mol. The number of carbonyl (C=O) groups is 1. The number of nitrogens with two attached hydrogens (primary N) is 1. The van der Waals surface area contributed by atoms with Gasteiger partial charge in [-0.15, -0.1) is 0 Å². The summed E-state index contributed by atoms with van der Waals surface area (Å²) in [6, 6.07) is 4.71. The van der Waals surface area contributed by atoms with Crippen molar-refractivity contribution in [1.82, 2.24) is 5.32 Å². The number of nitrogens with one attached hydrogen (secondary N) is 3. The molecular weight excluding hydrogens is 223 g/mol. The quantitative estimate of drug-likeness (QED) is 0.474. The minimum atomic E-state index is -0.586. The van der Waals surface area contributed by atoms with Gasteiger partial charge in [0.1, 0.15) is 11.7 Å². The number of carbonyl (C=O) groups excluding carboxylic acids is 1. The summed E-state index contributed by atoms with van der Waals surface area (Å²) in [5.74, 6) is -0.644. The molecule has 92 valence electrons. The third-order valence-corrected chi connectivity index (χ3v) is 2.21. The van der Waals surface area contributed by atoms with Gasteiger partial charge in [0, 0.05) is 0 Å². The second-order valence-electron chi connectivity index (χ2n) is 3.49. The van der Waals surface area contributed by atoms with E-state index in [-0.39, 0.29) is 11.5 Å². The molecule has 0 bridgehead atoms. The molecule has 0 saturated carbocycles. The summed E-state index contributed by atoms with van der Waals surface area (Å²) >= 11 is 0. The minimum absolute atomic E-state index is 0.0865. The van der Waals surface area contributed by atoms with Crippen molar-refractivity contribution in [2.75, 3.05) is 5.32 Å². The van der Waals surface area contributed by atoms with Gasteiger partial charge in [0.25, 0.3) is 0 Å². The summed E-state index contributed by atoms with van der Waals surface area (Å²) < 4.78 is 13.2. The van der Waals surface area contributed by atoms with E-state index in [9.17, 15) is 9.18 Å². The molecule has 1 aromatic carbocycles. The Kier molecular flexibility index (Phi) is 4.45. The summed E-state index contributed by atoms with van der Waals surface area (Å²) in [4.78, 5) is 11.5. The van der Waals surface area contributed by atoms with Gasteiger partial charge < -0.3 is 16.4 Å². The highest BCUT2D eigenvalue weighted by atomic mass is 19.1. The number of urea groups is 1. The fourth-order valence-corrected chi connectivity index (χ4v) is 1.28. The van der Waals surface area contributed by atoms with Crippen LogP contribution >= 0.6 is 0 Å². The summed E-state index contributed by atoms with van der Waals surface area (Å²) in [6.07, 6.45) is 0.500. The maximum Gasteiger partial charge on any atom is 0.319 e. The van der Waals surface area contributed by atoms with Crippen molar-refractivity contribution in [1.29, 1.82) is 5.41 Å². The molecule has 0 saturated heterocycles. The Labute approximate surface area is 98.7 Å². The Morgan fingerprint density at radius 2 is 2.18 bits per heavy atom. The van der Waals surface area contributed by atoms with Crippen molar-refractivity contribution in [3.8, 4) is 0 Å². The van der Waals surface area contributed by atoms with Crippen LogP contribution in [0, 0.1) is 11.2 Å². The number of amidine groups is 1. The van der Waals surface area contributed by atoms with Crippen LogP contribution in [-0.2, 0) is 0 Å². The van der Waals surface area contributed by atoms with E-state index in [2.05, 4.69) is 10.6 Å². The first-order valence-corrected chi connectivity index (χ1v) is 5.20. The van der Waals surface area contributed by atoms with E-state index in [1.54, 1.807) is 13.0 Å². The van der Waals surface area contributed by atoms with Crippen LogP contribution in [-0.4, -0.2) is 17.9 Å². The van der Waals surface area contributed by atoms with E-state index in [0.717, 1.165) is 0 Å². The van der Waals surface area contributed by atoms with Gasteiger partial charge in [-0.05, 0) is 18.6 Å². The van der Waals surface area contributed by atoms with Crippen LogP contribution in [0.3, 0.4) is 0 Å². The first-order valence-electron chi connectivity index (χ1n) is 5.20. The lowest BCUT2D eigenvalue weighted by atomic mass is 10.2. The molecule has 0 spiro atoms. The van der Waals surface area contributed by atoms with Crippen LogP contribution in [0.4, 0.5) is 14.9 Å².